The van der Waals surface area contributed by atoms with Crippen molar-refractivity contribution in [2.45, 2.75) is 25.3 Å². The molecule has 1 aliphatic rings. The number of hydrogen-bond donors (Lipinski definition) is 2. The molecule has 0 saturated carbocycles. The number of carbonyl (C=O) groups is 1. The number of piperidine rings is 1. The largest absolute Gasteiger partial charge is 0.394 e. The number of halogens is 1. The molecule has 0 radical (unpaired) electrons. The molecule has 1 aliphatic heterocycles. The van der Waals surface area contributed by atoms with E-state index in [1.54, 1.807) is 4.90 Å². The van der Waals surface area contributed by atoms with Crippen LogP contribution in [-0.4, -0.2) is 35.1 Å². The maximum Gasteiger partial charge on any atom is 0.254 e. The van der Waals surface area contributed by atoms with Gasteiger partial charge in [-0.25, -0.2) is 0 Å². The quantitative estimate of drug-likeness (QED) is 0.643. The SMILES string of the molecule is O=C(c1cccc(NI)c1)N1CCCCC1CO. The maximum atomic E-state index is 12.4. The summed E-state index contributed by atoms with van der Waals surface area (Å²) in [6, 6.07) is 7.43. The number of amides is 1. The lowest BCUT2D eigenvalue weighted by Gasteiger charge is -2.34. The number of nitrogens with zero attached hydrogens (tertiary/aromatic N) is 1. The van der Waals surface area contributed by atoms with Gasteiger partial charge >= 0.3 is 0 Å². The normalized spacial score (nSPS) is 19.7. The molecule has 1 unspecified atom stereocenters. The standard InChI is InChI=1S/C13H17IN2O2/c14-15-11-5-3-4-10(8-11)13(18)16-7-2-1-6-12(16)9-17/h3-5,8,12,15,17H,1-2,6-7,9H2. The highest BCUT2D eigenvalue weighted by atomic mass is 127. The zero-order valence-corrected chi connectivity index (χ0v) is 12.3. The van der Waals surface area contributed by atoms with Crippen molar-refractivity contribution in [3.63, 3.8) is 0 Å². The summed E-state index contributed by atoms with van der Waals surface area (Å²) in [5.41, 5.74) is 1.59. The summed E-state index contributed by atoms with van der Waals surface area (Å²) in [5, 5.41) is 9.35. The van der Waals surface area contributed by atoms with Crippen LogP contribution >= 0.6 is 22.9 Å². The summed E-state index contributed by atoms with van der Waals surface area (Å²) in [6.07, 6.45) is 3.00. The number of carbonyl (C=O) groups excluding carboxylic acids is 1. The molecule has 4 nitrogen and oxygen atoms in total. The molecular weight excluding hydrogens is 343 g/mol. The molecule has 1 aromatic carbocycles. The van der Waals surface area contributed by atoms with E-state index in [4.69, 9.17) is 0 Å². The number of benzene rings is 1. The molecule has 1 saturated heterocycles. The zero-order chi connectivity index (χ0) is 13.0. The number of aliphatic hydroxyl groups excluding tert-OH is 1. The monoisotopic (exact) mass is 360 g/mol. The Bertz CT molecular complexity index is 425. The van der Waals surface area contributed by atoms with Crippen molar-refractivity contribution in [2.24, 2.45) is 0 Å². The molecule has 2 N–H and O–H groups in total. The fourth-order valence-corrected chi connectivity index (χ4v) is 2.67. The number of rotatable bonds is 3. The molecule has 98 valence electrons. The molecule has 2 rings (SSSR count). The van der Waals surface area contributed by atoms with Gasteiger partial charge in [0.25, 0.3) is 5.91 Å². The van der Waals surface area contributed by atoms with Crippen molar-refractivity contribution in [2.75, 3.05) is 16.7 Å². The van der Waals surface area contributed by atoms with Crippen LogP contribution in [0.2, 0.25) is 0 Å². The number of hydrogen-bond acceptors (Lipinski definition) is 3. The van der Waals surface area contributed by atoms with Crippen molar-refractivity contribution in [3.8, 4) is 0 Å². The first-order chi connectivity index (χ1) is 8.76. The molecule has 0 aromatic heterocycles. The number of aliphatic hydroxyl groups is 1. The van der Waals surface area contributed by atoms with Gasteiger partial charge in [-0.15, -0.1) is 0 Å². The average Bonchev–Trinajstić information content (AvgIpc) is 2.46. The lowest BCUT2D eigenvalue weighted by Crippen LogP contribution is -2.45. The maximum absolute atomic E-state index is 12.4. The summed E-state index contributed by atoms with van der Waals surface area (Å²) >= 11 is 2.04. The van der Waals surface area contributed by atoms with Gasteiger partial charge in [-0.2, -0.15) is 0 Å². The van der Waals surface area contributed by atoms with E-state index < -0.39 is 0 Å². The van der Waals surface area contributed by atoms with Crippen molar-refractivity contribution >= 4 is 34.5 Å². The highest BCUT2D eigenvalue weighted by Crippen LogP contribution is 2.21. The Morgan fingerprint density at radius 1 is 1.50 bits per heavy atom. The third-order valence-corrected chi connectivity index (χ3v) is 3.94. The van der Waals surface area contributed by atoms with E-state index >= 15 is 0 Å². The summed E-state index contributed by atoms with van der Waals surface area (Å²) in [6.45, 7) is 0.794. The molecule has 0 bridgehead atoms. The van der Waals surface area contributed by atoms with E-state index in [1.807, 2.05) is 47.1 Å². The summed E-state index contributed by atoms with van der Waals surface area (Å²) in [7, 11) is 0. The van der Waals surface area contributed by atoms with Crippen LogP contribution in [0.3, 0.4) is 0 Å². The van der Waals surface area contributed by atoms with Gasteiger partial charge in [0.2, 0.25) is 0 Å². The Kier molecular flexibility index (Phi) is 4.82. The number of nitrogens with one attached hydrogen (secondary N) is 1. The summed E-state index contributed by atoms with van der Waals surface area (Å²) in [4.78, 5) is 14.2. The Balaban J connectivity index is 2.18. The first-order valence-corrected chi connectivity index (χ1v) is 7.22. The minimum absolute atomic E-state index is 0.0160. The predicted molar refractivity (Wildman–Crippen MR) is 79.8 cm³/mol. The Hall–Kier alpha value is -0.820. The second kappa shape index (κ2) is 6.38. The predicted octanol–water partition coefficient (Wildman–Crippen LogP) is 2.44. The molecule has 1 heterocycles. The van der Waals surface area contributed by atoms with Crippen LogP contribution in [0.1, 0.15) is 29.6 Å². The molecule has 1 atom stereocenters. The van der Waals surface area contributed by atoms with Crippen molar-refractivity contribution in [1.82, 2.24) is 4.90 Å². The Labute approximate surface area is 121 Å². The third-order valence-electron chi connectivity index (χ3n) is 3.32. The van der Waals surface area contributed by atoms with Crippen molar-refractivity contribution in [3.05, 3.63) is 29.8 Å². The molecule has 0 spiro atoms. The van der Waals surface area contributed by atoms with E-state index in [9.17, 15) is 9.90 Å². The molecule has 1 amide bonds. The summed E-state index contributed by atoms with van der Waals surface area (Å²) in [5.74, 6) is 0.0160. The third kappa shape index (κ3) is 2.95. The smallest absolute Gasteiger partial charge is 0.254 e. The van der Waals surface area contributed by atoms with Crippen LogP contribution < -0.4 is 3.53 Å². The lowest BCUT2D eigenvalue weighted by molar-refractivity contribution is 0.0503. The van der Waals surface area contributed by atoms with E-state index in [-0.39, 0.29) is 18.6 Å². The summed E-state index contributed by atoms with van der Waals surface area (Å²) < 4.78 is 3.00. The van der Waals surface area contributed by atoms with Crippen molar-refractivity contribution in [1.29, 1.82) is 0 Å². The average molecular weight is 360 g/mol. The van der Waals surface area contributed by atoms with Gasteiger partial charge in [0, 0.05) is 17.8 Å². The van der Waals surface area contributed by atoms with Crippen molar-refractivity contribution < 1.29 is 9.90 Å². The minimum Gasteiger partial charge on any atom is -0.394 e. The molecule has 5 heteroatoms. The van der Waals surface area contributed by atoms with Gasteiger partial charge in [0.15, 0.2) is 0 Å². The minimum atomic E-state index is -0.0255. The number of anilines is 1. The molecule has 1 fully saturated rings. The lowest BCUT2D eigenvalue weighted by atomic mass is 10.0. The second-order valence-electron chi connectivity index (χ2n) is 4.51. The van der Waals surface area contributed by atoms with Gasteiger partial charge in [-0.3, -0.25) is 4.79 Å². The van der Waals surface area contributed by atoms with Gasteiger partial charge < -0.3 is 13.5 Å². The second-order valence-corrected chi connectivity index (χ2v) is 5.05. The van der Waals surface area contributed by atoms with Crippen LogP contribution in [0.4, 0.5) is 5.69 Å². The molecule has 18 heavy (non-hydrogen) atoms. The van der Waals surface area contributed by atoms with Crippen LogP contribution in [0, 0.1) is 0 Å². The van der Waals surface area contributed by atoms with E-state index in [0.717, 1.165) is 31.5 Å². The van der Waals surface area contributed by atoms with Gasteiger partial charge in [-0.05, 0) is 37.5 Å². The van der Waals surface area contributed by atoms with Crippen LogP contribution in [0.25, 0.3) is 0 Å². The van der Waals surface area contributed by atoms with Crippen LogP contribution in [-0.2, 0) is 0 Å². The topological polar surface area (TPSA) is 52.6 Å². The highest BCUT2D eigenvalue weighted by Gasteiger charge is 2.26. The molecule has 0 aliphatic carbocycles. The van der Waals surface area contributed by atoms with Crippen LogP contribution in [0.15, 0.2) is 24.3 Å². The highest BCUT2D eigenvalue weighted by molar-refractivity contribution is 14.1. The van der Waals surface area contributed by atoms with E-state index in [0.29, 0.717) is 5.56 Å². The van der Waals surface area contributed by atoms with E-state index in [1.165, 1.54) is 0 Å². The Morgan fingerprint density at radius 3 is 3.06 bits per heavy atom. The van der Waals surface area contributed by atoms with Gasteiger partial charge in [0.05, 0.1) is 35.5 Å². The first-order valence-electron chi connectivity index (χ1n) is 6.15. The zero-order valence-electron chi connectivity index (χ0n) is 10.1. The number of likely N-dealkylation sites (tertiary alicyclic amines) is 1. The first kappa shape index (κ1) is 13.6. The molecule has 1 aromatic rings. The van der Waals surface area contributed by atoms with Gasteiger partial charge in [-0.1, -0.05) is 6.07 Å². The Morgan fingerprint density at radius 2 is 2.33 bits per heavy atom. The van der Waals surface area contributed by atoms with Gasteiger partial charge in [0.1, 0.15) is 0 Å². The fraction of sp³-hybridized carbons (Fsp3) is 0.462. The van der Waals surface area contributed by atoms with Crippen LogP contribution in [0.5, 0.6) is 0 Å². The van der Waals surface area contributed by atoms with E-state index in [2.05, 4.69) is 3.53 Å². The fourth-order valence-electron chi connectivity index (χ4n) is 2.33. The molecular formula is C13H17IN2O2.